The predicted molar refractivity (Wildman–Crippen MR) is 94.4 cm³/mol. The molecule has 0 heterocycles. The molecule has 2 aliphatic rings. The van der Waals surface area contributed by atoms with Gasteiger partial charge in [-0.2, -0.15) is 0 Å². The molecule has 136 valence electrons. The molecule has 0 fully saturated rings. The quantitative estimate of drug-likeness (QED) is 0.589. The average Bonchev–Trinajstić information content (AvgIpc) is 2.60. The van der Waals surface area contributed by atoms with Crippen molar-refractivity contribution in [2.45, 2.75) is 25.4 Å². The summed E-state index contributed by atoms with van der Waals surface area (Å²) in [7, 11) is 0. The van der Waals surface area contributed by atoms with Gasteiger partial charge >= 0.3 is 0 Å². The van der Waals surface area contributed by atoms with Crippen molar-refractivity contribution < 1.29 is 29.6 Å². The average molecular weight is 377 g/mol. The van der Waals surface area contributed by atoms with E-state index in [-0.39, 0.29) is 52.6 Å². The standard InChI is InChI=1S/C19H16O6.ClH/c20-8-25-14-3-1-2-11-15(14)19(24)13-6-9-4-5-10(21)7-12(9)18(23)16(13)17(11)22;/h1-3,6,10,20-21,23H,4-5,7-8H2;1H. The van der Waals surface area contributed by atoms with Crippen LogP contribution in [0.5, 0.6) is 11.5 Å². The Morgan fingerprint density at radius 2 is 1.85 bits per heavy atom. The van der Waals surface area contributed by atoms with Crippen LogP contribution in [0.3, 0.4) is 0 Å². The Labute approximate surface area is 155 Å². The van der Waals surface area contributed by atoms with Gasteiger partial charge in [0.1, 0.15) is 11.5 Å². The van der Waals surface area contributed by atoms with Gasteiger partial charge in [0.05, 0.1) is 17.2 Å². The minimum absolute atomic E-state index is 0. The lowest BCUT2D eigenvalue weighted by Gasteiger charge is -2.27. The molecule has 26 heavy (non-hydrogen) atoms. The lowest BCUT2D eigenvalue weighted by Crippen LogP contribution is -2.25. The Balaban J connectivity index is 0.00000196. The lowest BCUT2D eigenvalue weighted by molar-refractivity contribution is 0.0909. The van der Waals surface area contributed by atoms with Crippen molar-refractivity contribution in [3.05, 3.63) is 57.6 Å². The maximum Gasteiger partial charge on any atom is 0.198 e. The van der Waals surface area contributed by atoms with E-state index in [2.05, 4.69) is 0 Å². The molecule has 4 rings (SSSR count). The third-order valence-corrected chi connectivity index (χ3v) is 4.87. The summed E-state index contributed by atoms with van der Waals surface area (Å²) >= 11 is 0. The Bertz CT molecular complexity index is 921. The number of aliphatic hydroxyl groups is 2. The molecule has 0 bridgehead atoms. The SMILES string of the molecule is Cl.O=C1c2cc3c(c(O)c2C(=O)c2cccc(OCO)c21)CC(O)CC3. The Morgan fingerprint density at radius 1 is 1.12 bits per heavy atom. The van der Waals surface area contributed by atoms with Gasteiger partial charge in [-0.1, -0.05) is 12.1 Å². The van der Waals surface area contributed by atoms with E-state index < -0.39 is 24.5 Å². The second-order valence-corrected chi connectivity index (χ2v) is 6.29. The molecule has 1 atom stereocenters. The first kappa shape index (κ1) is 18.4. The summed E-state index contributed by atoms with van der Waals surface area (Å²) in [6, 6.07) is 6.20. The van der Waals surface area contributed by atoms with E-state index >= 15 is 0 Å². The number of ketones is 2. The highest BCUT2D eigenvalue weighted by Crippen LogP contribution is 2.41. The maximum atomic E-state index is 13.0. The van der Waals surface area contributed by atoms with Crippen molar-refractivity contribution in [1.82, 2.24) is 0 Å². The topological polar surface area (TPSA) is 104 Å². The number of aromatic hydroxyl groups is 1. The number of benzene rings is 2. The minimum Gasteiger partial charge on any atom is -0.507 e. The molecule has 0 saturated carbocycles. The van der Waals surface area contributed by atoms with Crippen molar-refractivity contribution in [3.63, 3.8) is 0 Å². The van der Waals surface area contributed by atoms with Gasteiger partial charge in [0, 0.05) is 23.1 Å². The lowest BCUT2D eigenvalue weighted by atomic mass is 9.78. The zero-order chi connectivity index (χ0) is 17.7. The Kier molecular flexibility index (Phi) is 4.75. The van der Waals surface area contributed by atoms with Gasteiger partial charge in [0.2, 0.25) is 0 Å². The zero-order valence-corrected chi connectivity index (χ0v) is 14.5. The van der Waals surface area contributed by atoms with E-state index in [1.54, 1.807) is 12.1 Å². The van der Waals surface area contributed by atoms with Crippen LogP contribution in [0.4, 0.5) is 0 Å². The van der Waals surface area contributed by atoms with Crippen LogP contribution in [0.15, 0.2) is 24.3 Å². The number of hydrogen-bond acceptors (Lipinski definition) is 6. The molecule has 3 N–H and O–H groups in total. The molecule has 0 amide bonds. The molecule has 0 aliphatic heterocycles. The first-order valence-corrected chi connectivity index (χ1v) is 8.04. The van der Waals surface area contributed by atoms with Crippen LogP contribution in [0.25, 0.3) is 0 Å². The Hall–Kier alpha value is -2.41. The molecule has 0 radical (unpaired) electrons. The number of phenols is 1. The molecular formula is C19H17ClO6. The second kappa shape index (κ2) is 6.72. The smallest absolute Gasteiger partial charge is 0.198 e. The maximum absolute atomic E-state index is 13.0. The fourth-order valence-electron chi connectivity index (χ4n) is 3.70. The number of carbonyl (C=O) groups is 2. The normalized spacial score (nSPS) is 17.7. The van der Waals surface area contributed by atoms with E-state index in [9.17, 15) is 19.8 Å². The summed E-state index contributed by atoms with van der Waals surface area (Å²) in [5.74, 6) is -0.966. The summed E-state index contributed by atoms with van der Waals surface area (Å²) in [6.07, 6.45) is 0.766. The molecule has 2 aromatic rings. The van der Waals surface area contributed by atoms with E-state index in [0.29, 0.717) is 18.4 Å². The van der Waals surface area contributed by atoms with Crippen molar-refractivity contribution >= 4 is 24.0 Å². The predicted octanol–water partition coefficient (Wildman–Crippen LogP) is 1.77. The number of hydrogen-bond donors (Lipinski definition) is 3. The molecule has 7 heteroatoms. The molecule has 2 aromatic carbocycles. The molecule has 0 aromatic heterocycles. The number of halogens is 1. The molecular weight excluding hydrogens is 360 g/mol. The third kappa shape index (κ3) is 2.58. The van der Waals surface area contributed by atoms with Crippen LogP contribution in [-0.4, -0.2) is 39.8 Å². The molecule has 0 saturated heterocycles. The summed E-state index contributed by atoms with van der Waals surface area (Å²) < 4.78 is 5.08. The van der Waals surface area contributed by atoms with Gasteiger partial charge in [-0.3, -0.25) is 9.59 Å². The highest BCUT2D eigenvalue weighted by molar-refractivity contribution is 6.30. The fraction of sp³-hybridized carbons (Fsp3) is 0.263. The van der Waals surface area contributed by atoms with Crippen LogP contribution in [0.1, 0.15) is 49.4 Å². The van der Waals surface area contributed by atoms with Gasteiger partial charge in [0.25, 0.3) is 0 Å². The van der Waals surface area contributed by atoms with Crippen LogP contribution in [0.2, 0.25) is 0 Å². The van der Waals surface area contributed by atoms with Crippen LogP contribution in [0, 0.1) is 0 Å². The molecule has 2 aliphatic carbocycles. The molecule has 6 nitrogen and oxygen atoms in total. The van der Waals surface area contributed by atoms with Gasteiger partial charge in [-0.25, -0.2) is 0 Å². The number of aryl methyl sites for hydroxylation is 1. The summed E-state index contributed by atoms with van der Waals surface area (Å²) in [6.45, 7) is -0.613. The van der Waals surface area contributed by atoms with Crippen molar-refractivity contribution in [3.8, 4) is 11.5 Å². The van der Waals surface area contributed by atoms with Crippen molar-refractivity contribution in [2.75, 3.05) is 6.79 Å². The molecule has 1 unspecified atom stereocenters. The van der Waals surface area contributed by atoms with Crippen LogP contribution >= 0.6 is 12.4 Å². The van der Waals surface area contributed by atoms with E-state index in [1.807, 2.05) is 0 Å². The van der Waals surface area contributed by atoms with Gasteiger partial charge in [0.15, 0.2) is 18.4 Å². The number of rotatable bonds is 2. The minimum atomic E-state index is -0.613. The van der Waals surface area contributed by atoms with E-state index in [0.717, 1.165) is 5.56 Å². The second-order valence-electron chi connectivity index (χ2n) is 6.29. The monoisotopic (exact) mass is 376 g/mol. The number of aliphatic hydroxyl groups excluding tert-OH is 2. The molecule has 0 spiro atoms. The number of phenolic OH excluding ortho intramolecular Hbond substituents is 1. The number of carbonyl (C=O) groups excluding carboxylic acids is 2. The van der Waals surface area contributed by atoms with E-state index in [1.165, 1.54) is 12.1 Å². The van der Waals surface area contributed by atoms with Gasteiger partial charge < -0.3 is 20.1 Å². The summed E-state index contributed by atoms with van der Waals surface area (Å²) in [4.78, 5) is 25.9. The largest absolute Gasteiger partial charge is 0.507 e. The van der Waals surface area contributed by atoms with Gasteiger partial charge in [-0.05, 0) is 30.5 Å². The van der Waals surface area contributed by atoms with Crippen molar-refractivity contribution in [2.24, 2.45) is 0 Å². The van der Waals surface area contributed by atoms with Gasteiger partial charge in [-0.15, -0.1) is 12.4 Å². The first-order chi connectivity index (χ1) is 12.0. The Morgan fingerprint density at radius 3 is 2.58 bits per heavy atom. The first-order valence-electron chi connectivity index (χ1n) is 8.04. The fourth-order valence-corrected chi connectivity index (χ4v) is 3.70. The highest BCUT2D eigenvalue weighted by atomic mass is 35.5. The van der Waals surface area contributed by atoms with E-state index in [4.69, 9.17) is 9.84 Å². The van der Waals surface area contributed by atoms with Crippen molar-refractivity contribution in [1.29, 1.82) is 0 Å². The van der Waals surface area contributed by atoms with Crippen LogP contribution in [-0.2, 0) is 12.8 Å². The summed E-state index contributed by atoms with van der Waals surface area (Å²) in [5.41, 5.74) is 1.65. The zero-order valence-electron chi connectivity index (χ0n) is 13.7. The highest BCUT2D eigenvalue weighted by Gasteiger charge is 2.37. The number of ether oxygens (including phenoxy) is 1. The summed E-state index contributed by atoms with van der Waals surface area (Å²) in [5, 5.41) is 29.5. The number of fused-ring (bicyclic) bond motifs is 3. The third-order valence-electron chi connectivity index (χ3n) is 4.87. The van der Waals surface area contributed by atoms with Crippen LogP contribution < -0.4 is 4.74 Å².